The largest absolute Gasteiger partial charge is 0.394 e. The molecule has 78 heavy (non-hydrogen) atoms. The lowest BCUT2D eigenvalue weighted by molar-refractivity contribution is -0.123. The molecule has 0 aromatic heterocycles. The normalized spacial score (nSPS) is 12.7. The first-order valence-electron chi connectivity index (χ1n) is 36.6. The van der Waals surface area contributed by atoms with Crippen molar-refractivity contribution in [3.05, 3.63) is 24.3 Å². The Bertz CT molecular complexity index is 1150. The molecule has 0 aliphatic carbocycles. The molecule has 464 valence electrons. The molecule has 2 unspecified atom stereocenters. The van der Waals surface area contributed by atoms with E-state index in [0.717, 1.165) is 32.1 Å². The van der Waals surface area contributed by atoms with E-state index in [2.05, 4.69) is 31.3 Å². The summed E-state index contributed by atoms with van der Waals surface area (Å²) >= 11 is 0. The lowest BCUT2D eigenvalue weighted by atomic mass is 10.0. The monoisotopic (exact) mass is 1100 g/mol. The van der Waals surface area contributed by atoms with E-state index in [1.54, 1.807) is 6.08 Å². The van der Waals surface area contributed by atoms with E-state index in [1.165, 1.54) is 372 Å². The topological polar surface area (TPSA) is 69.6 Å². The van der Waals surface area contributed by atoms with Crippen molar-refractivity contribution in [1.29, 1.82) is 0 Å². The highest BCUT2D eigenvalue weighted by atomic mass is 16.3. The number of aliphatic hydroxyl groups is 2. The van der Waals surface area contributed by atoms with Crippen LogP contribution < -0.4 is 5.32 Å². The van der Waals surface area contributed by atoms with Gasteiger partial charge in [0.1, 0.15) is 0 Å². The Labute approximate surface area is 491 Å². The molecule has 0 fully saturated rings. The van der Waals surface area contributed by atoms with Crippen molar-refractivity contribution in [1.82, 2.24) is 5.32 Å². The summed E-state index contributed by atoms with van der Waals surface area (Å²) in [6.07, 6.45) is 95.9. The maximum Gasteiger partial charge on any atom is 0.220 e. The average Bonchev–Trinajstić information content (AvgIpc) is 3.44. The van der Waals surface area contributed by atoms with Crippen molar-refractivity contribution in [2.24, 2.45) is 0 Å². The number of nitrogens with one attached hydrogen (secondary N) is 1. The van der Waals surface area contributed by atoms with Gasteiger partial charge in [-0.25, -0.2) is 0 Å². The van der Waals surface area contributed by atoms with Gasteiger partial charge in [0.15, 0.2) is 0 Å². The number of allylic oxidation sites excluding steroid dienone is 3. The van der Waals surface area contributed by atoms with Crippen molar-refractivity contribution >= 4 is 5.91 Å². The Hall–Kier alpha value is -1.13. The molecule has 0 saturated heterocycles. The van der Waals surface area contributed by atoms with E-state index in [-0.39, 0.29) is 12.5 Å². The van der Waals surface area contributed by atoms with E-state index in [9.17, 15) is 15.0 Å². The Kier molecular flexibility index (Phi) is 69.1. The zero-order valence-electron chi connectivity index (χ0n) is 53.7. The molecule has 2 atom stereocenters. The number of unbranched alkanes of at least 4 members (excludes halogenated alkanes) is 60. The molecule has 0 spiro atoms. The summed E-state index contributed by atoms with van der Waals surface area (Å²) in [6.45, 7) is 4.35. The van der Waals surface area contributed by atoms with Crippen LogP contribution in [-0.4, -0.2) is 34.9 Å². The van der Waals surface area contributed by atoms with Crippen LogP contribution in [-0.2, 0) is 4.79 Å². The van der Waals surface area contributed by atoms with E-state index < -0.39 is 12.1 Å². The van der Waals surface area contributed by atoms with Gasteiger partial charge in [-0.1, -0.05) is 411 Å². The maximum absolute atomic E-state index is 12.5. The van der Waals surface area contributed by atoms with Crippen LogP contribution in [0.2, 0.25) is 0 Å². The van der Waals surface area contributed by atoms with E-state index >= 15 is 0 Å². The third-order valence-corrected chi connectivity index (χ3v) is 17.4. The van der Waals surface area contributed by atoms with E-state index in [1.807, 2.05) is 6.08 Å². The Morgan fingerprint density at radius 3 is 0.744 bits per heavy atom. The number of amides is 1. The van der Waals surface area contributed by atoms with Gasteiger partial charge in [-0.15, -0.1) is 0 Å². The van der Waals surface area contributed by atoms with E-state index in [4.69, 9.17) is 0 Å². The van der Waals surface area contributed by atoms with Crippen LogP contribution in [0.1, 0.15) is 425 Å². The second kappa shape index (κ2) is 70.1. The van der Waals surface area contributed by atoms with Gasteiger partial charge in [0.2, 0.25) is 5.91 Å². The molecule has 0 radical (unpaired) electrons. The molecule has 0 aliphatic heterocycles. The second-order valence-electron chi connectivity index (χ2n) is 25.4. The van der Waals surface area contributed by atoms with Gasteiger partial charge in [0.05, 0.1) is 18.8 Å². The van der Waals surface area contributed by atoms with Gasteiger partial charge >= 0.3 is 0 Å². The zero-order valence-corrected chi connectivity index (χ0v) is 53.7. The first-order chi connectivity index (χ1) is 38.7. The Morgan fingerprint density at radius 2 is 0.500 bits per heavy atom. The van der Waals surface area contributed by atoms with Crippen molar-refractivity contribution in [2.75, 3.05) is 6.61 Å². The molecule has 0 aliphatic rings. The van der Waals surface area contributed by atoms with Crippen LogP contribution in [0, 0.1) is 0 Å². The molecule has 4 nitrogen and oxygen atoms in total. The van der Waals surface area contributed by atoms with Crippen LogP contribution in [0.15, 0.2) is 24.3 Å². The minimum atomic E-state index is -0.861. The fourth-order valence-electron chi connectivity index (χ4n) is 11.9. The lowest BCUT2D eigenvalue weighted by Crippen LogP contribution is -2.45. The van der Waals surface area contributed by atoms with Crippen molar-refractivity contribution in [3.63, 3.8) is 0 Å². The molecule has 0 aromatic carbocycles. The third kappa shape index (κ3) is 65.7. The Morgan fingerprint density at radius 1 is 0.295 bits per heavy atom. The summed E-state index contributed by atoms with van der Waals surface area (Å²) in [7, 11) is 0. The predicted molar refractivity (Wildman–Crippen MR) is 350 cm³/mol. The molecular weight excluding hydrogens is 951 g/mol. The highest BCUT2D eigenvalue weighted by Gasteiger charge is 2.18. The number of hydrogen-bond acceptors (Lipinski definition) is 3. The van der Waals surface area contributed by atoms with Gasteiger partial charge in [-0.2, -0.15) is 0 Å². The van der Waals surface area contributed by atoms with Crippen LogP contribution >= 0.6 is 0 Å². The van der Waals surface area contributed by atoms with Crippen LogP contribution in [0.3, 0.4) is 0 Å². The van der Waals surface area contributed by atoms with Gasteiger partial charge in [0, 0.05) is 6.42 Å². The predicted octanol–water partition coefficient (Wildman–Crippen LogP) is 24.9. The van der Waals surface area contributed by atoms with Gasteiger partial charge in [-0.05, 0) is 32.1 Å². The van der Waals surface area contributed by atoms with Crippen molar-refractivity contribution < 1.29 is 15.0 Å². The van der Waals surface area contributed by atoms with Crippen LogP contribution in [0.5, 0.6) is 0 Å². The molecule has 3 N–H and O–H groups in total. The summed E-state index contributed by atoms with van der Waals surface area (Å²) in [5.41, 5.74) is 0. The molecule has 0 bridgehead atoms. The summed E-state index contributed by atoms with van der Waals surface area (Å²) in [5, 5.41) is 23.3. The van der Waals surface area contributed by atoms with Crippen molar-refractivity contribution in [2.45, 2.75) is 437 Å². The lowest BCUT2D eigenvalue weighted by Gasteiger charge is -2.19. The standard InChI is InChI=1S/C74H145NO3/c1-3-5-7-9-11-13-15-17-19-21-23-25-27-29-31-32-33-34-35-36-37-38-39-40-41-42-44-46-48-50-52-54-56-58-60-62-64-66-68-70-74(78)75-72(71-76)73(77)69-67-65-63-61-59-57-55-53-51-49-47-45-43-30-28-26-24-22-20-18-16-14-12-10-8-6-4-2/h59,61,67,69,72-73,76-77H,3-58,60,62-66,68,70-71H2,1-2H3,(H,75,78)/b61-59+,69-67+. The minimum Gasteiger partial charge on any atom is -0.394 e. The summed E-state index contributed by atoms with van der Waals surface area (Å²) in [5.74, 6) is -0.0637. The third-order valence-electron chi connectivity index (χ3n) is 17.4. The first-order valence-corrected chi connectivity index (χ1v) is 36.6. The van der Waals surface area contributed by atoms with Crippen molar-refractivity contribution in [3.8, 4) is 0 Å². The highest BCUT2D eigenvalue weighted by molar-refractivity contribution is 5.76. The van der Waals surface area contributed by atoms with E-state index in [0.29, 0.717) is 6.42 Å². The molecule has 1 amide bonds. The molecule has 0 saturated carbocycles. The number of carbonyl (C=O) groups is 1. The number of hydrogen-bond donors (Lipinski definition) is 3. The first kappa shape index (κ1) is 76.9. The number of aliphatic hydroxyl groups excluding tert-OH is 2. The highest BCUT2D eigenvalue weighted by Crippen LogP contribution is 2.20. The zero-order chi connectivity index (χ0) is 56.2. The van der Waals surface area contributed by atoms with Gasteiger partial charge in [-0.3, -0.25) is 4.79 Å². The SMILES string of the molecule is CCCCCCCCCCCCCCCCCCCCCCC/C=C/CC/C=C/C(O)C(CO)NC(=O)CCCCCCCCCCCCCCCCCCCCCCCCCCCCCCCCCCCCCCCCC. The molecule has 0 heterocycles. The smallest absolute Gasteiger partial charge is 0.220 e. The van der Waals surface area contributed by atoms with Gasteiger partial charge in [0.25, 0.3) is 0 Å². The number of rotatable bonds is 69. The fourth-order valence-corrected chi connectivity index (χ4v) is 11.9. The summed E-state index contributed by atoms with van der Waals surface area (Å²) in [6, 6.07) is -0.638. The Balaban J connectivity index is 3.40. The van der Waals surface area contributed by atoms with Crippen LogP contribution in [0.4, 0.5) is 0 Å². The van der Waals surface area contributed by atoms with Gasteiger partial charge < -0.3 is 15.5 Å². The minimum absolute atomic E-state index is 0.0637. The van der Waals surface area contributed by atoms with Crippen LogP contribution in [0.25, 0.3) is 0 Å². The summed E-state index contributed by atoms with van der Waals surface area (Å²) in [4.78, 5) is 12.5. The second-order valence-corrected chi connectivity index (χ2v) is 25.4. The molecular formula is C74H145NO3. The number of carbonyl (C=O) groups excluding carboxylic acids is 1. The molecule has 0 aromatic rings. The fraction of sp³-hybridized carbons (Fsp3) is 0.932. The average molecular weight is 1100 g/mol. The summed E-state index contributed by atoms with van der Waals surface area (Å²) < 4.78 is 0. The maximum atomic E-state index is 12.5. The molecule has 4 heteroatoms. The quantitative estimate of drug-likeness (QED) is 0.0420. The molecule has 0 rings (SSSR count).